The third-order valence-electron chi connectivity index (χ3n) is 7.50. The van der Waals surface area contributed by atoms with E-state index in [0.29, 0.717) is 5.56 Å². The number of hydrazine groups is 1. The monoisotopic (exact) mass is 643 g/mol. The molecule has 9 nitrogen and oxygen atoms in total. The molecule has 0 aliphatic carbocycles. The first-order chi connectivity index (χ1) is 21.3. The number of carbonyl (C=O) groups is 2. The molecule has 1 amide bonds. The zero-order valence-electron chi connectivity index (χ0n) is 25.1. The molecule has 6 rings (SSSR count). The van der Waals surface area contributed by atoms with Gasteiger partial charge in [-0.25, -0.2) is 29.3 Å². The molecular formula is C33H28Cl2FN7O2. The van der Waals surface area contributed by atoms with E-state index in [1.807, 2.05) is 46.8 Å². The van der Waals surface area contributed by atoms with Crippen LogP contribution in [0.2, 0.25) is 10.0 Å². The summed E-state index contributed by atoms with van der Waals surface area (Å²) in [6.07, 6.45) is 2.64. The molecule has 1 aliphatic heterocycles. The summed E-state index contributed by atoms with van der Waals surface area (Å²) < 4.78 is 16.4. The molecule has 0 bridgehead atoms. The molecule has 1 aliphatic rings. The number of aryl methyl sites for hydroxylation is 2. The van der Waals surface area contributed by atoms with E-state index < -0.39 is 17.8 Å². The number of fused-ring (bicyclic) bond motifs is 1. The third-order valence-corrected chi connectivity index (χ3v) is 8.07. The van der Waals surface area contributed by atoms with Gasteiger partial charge in [0.1, 0.15) is 34.7 Å². The number of ketones is 1. The molecule has 3 aromatic carbocycles. The van der Waals surface area contributed by atoms with Crippen molar-refractivity contribution >= 4 is 63.3 Å². The Bertz CT molecular complexity index is 2030. The number of aromatic nitrogens is 4. The van der Waals surface area contributed by atoms with Crippen LogP contribution in [0, 0.1) is 19.7 Å². The molecule has 0 saturated carbocycles. The number of amides is 1. The van der Waals surface area contributed by atoms with E-state index in [-0.39, 0.29) is 55.3 Å². The van der Waals surface area contributed by atoms with Gasteiger partial charge in [0.15, 0.2) is 17.5 Å². The van der Waals surface area contributed by atoms with Crippen LogP contribution in [0.1, 0.15) is 59.6 Å². The normalized spacial score (nSPS) is 16.1. The SMILES string of the molecule is Cc1cc(Cl)c(N2NC(=Nc3cc(C)ccc3F)C(n3cnc4c(C(=O)c5ccccc5C(C)(C)C)ncnc43)C2=O)c(Cl)c1. The molecule has 5 aromatic rings. The lowest BCUT2D eigenvalue weighted by Gasteiger charge is -2.22. The molecule has 0 radical (unpaired) electrons. The molecule has 0 spiro atoms. The van der Waals surface area contributed by atoms with E-state index >= 15 is 0 Å². The van der Waals surface area contributed by atoms with Gasteiger partial charge in [-0.2, -0.15) is 0 Å². The fourth-order valence-electron chi connectivity index (χ4n) is 5.39. The van der Waals surface area contributed by atoms with Crippen molar-refractivity contribution in [2.75, 3.05) is 5.01 Å². The molecule has 1 unspecified atom stereocenters. The van der Waals surface area contributed by atoms with Gasteiger partial charge in [0, 0.05) is 5.56 Å². The number of aliphatic imine (C=N–C) groups is 1. The highest BCUT2D eigenvalue weighted by atomic mass is 35.5. The zero-order valence-corrected chi connectivity index (χ0v) is 26.6. The number of benzene rings is 3. The second kappa shape index (κ2) is 11.4. The van der Waals surface area contributed by atoms with Crippen LogP contribution in [-0.4, -0.2) is 37.0 Å². The minimum absolute atomic E-state index is 0.0203. The quantitative estimate of drug-likeness (QED) is 0.202. The largest absolute Gasteiger partial charge is 0.295 e. The molecule has 3 heterocycles. The molecule has 2 aromatic heterocycles. The number of halogens is 3. The van der Waals surface area contributed by atoms with Crippen molar-refractivity contribution in [2.24, 2.45) is 4.99 Å². The van der Waals surface area contributed by atoms with E-state index in [1.54, 1.807) is 36.4 Å². The van der Waals surface area contributed by atoms with Crippen molar-refractivity contribution in [1.29, 1.82) is 0 Å². The minimum Gasteiger partial charge on any atom is -0.295 e. The van der Waals surface area contributed by atoms with Crippen LogP contribution in [-0.2, 0) is 10.2 Å². The average molecular weight is 645 g/mol. The summed E-state index contributed by atoms with van der Waals surface area (Å²) in [6.45, 7) is 9.71. The van der Waals surface area contributed by atoms with Crippen molar-refractivity contribution in [3.05, 3.63) is 111 Å². The van der Waals surface area contributed by atoms with E-state index in [4.69, 9.17) is 23.2 Å². The summed E-state index contributed by atoms with van der Waals surface area (Å²) in [5.41, 5.74) is 6.32. The molecule has 1 saturated heterocycles. The van der Waals surface area contributed by atoms with Crippen LogP contribution >= 0.6 is 23.2 Å². The number of nitrogens with one attached hydrogen (secondary N) is 1. The Labute approximate surface area is 268 Å². The maximum Gasteiger partial charge on any atom is 0.276 e. The van der Waals surface area contributed by atoms with Gasteiger partial charge in [-0.1, -0.05) is 74.3 Å². The lowest BCUT2D eigenvalue weighted by Crippen LogP contribution is -2.36. The second-order valence-corrected chi connectivity index (χ2v) is 12.7. The van der Waals surface area contributed by atoms with Crippen LogP contribution in [0.15, 0.2) is 72.2 Å². The molecule has 12 heteroatoms. The van der Waals surface area contributed by atoms with Crippen LogP contribution in [0.4, 0.5) is 15.8 Å². The number of hydrogen-bond acceptors (Lipinski definition) is 6. The topological polar surface area (TPSA) is 105 Å². The molecule has 1 atom stereocenters. The summed E-state index contributed by atoms with van der Waals surface area (Å²) >= 11 is 13.1. The van der Waals surface area contributed by atoms with Gasteiger partial charge in [-0.15, -0.1) is 0 Å². The van der Waals surface area contributed by atoms with Gasteiger partial charge in [0.05, 0.1) is 16.4 Å². The molecule has 1 N–H and O–H groups in total. The summed E-state index contributed by atoms with van der Waals surface area (Å²) in [4.78, 5) is 45.8. The van der Waals surface area contributed by atoms with E-state index in [0.717, 1.165) is 16.7 Å². The Kier molecular flexibility index (Phi) is 7.66. The van der Waals surface area contributed by atoms with E-state index in [9.17, 15) is 14.0 Å². The third kappa shape index (κ3) is 5.44. The number of hydrogen-bond donors (Lipinski definition) is 1. The maximum atomic E-state index is 14.9. The van der Waals surface area contributed by atoms with E-state index in [1.165, 1.54) is 28.3 Å². The second-order valence-electron chi connectivity index (χ2n) is 11.9. The van der Waals surface area contributed by atoms with Crippen LogP contribution in [0.25, 0.3) is 11.2 Å². The zero-order chi connectivity index (χ0) is 32.2. The van der Waals surface area contributed by atoms with Crippen LogP contribution in [0.3, 0.4) is 0 Å². The van der Waals surface area contributed by atoms with Gasteiger partial charge in [0.2, 0.25) is 5.78 Å². The highest BCUT2D eigenvalue weighted by Crippen LogP contribution is 2.38. The molecule has 45 heavy (non-hydrogen) atoms. The Morgan fingerprint density at radius 2 is 1.69 bits per heavy atom. The minimum atomic E-state index is -1.19. The first-order valence-corrected chi connectivity index (χ1v) is 14.8. The lowest BCUT2D eigenvalue weighted by atomic mass is 9.82. The standard InChI is InChI=1S/C33H28Cl2FN7O2/c1-17-10-11-23(36)24(14-17)40-30-28(32(45)43(41-30)27-21(34)12-18(2)13-22(27)35)42-16-39-26-25(37-15-38-31(26)42)29(44)19-8-6-7-9-20(19)33(3,4)5/h6-16,28H,1-5H3,(H,40,41). The average Bonchev–Trinajstić information content (AvgIpc) is 3.54. The van der Waals surface area contributed by atoms with Gasteiger partial charge in [-0.05, 0) is 60.2 Å². The van der Waals surface area contributed by atoms with Crippen LogP contribution in [0.5, 0.6) is 0 Å². The first kappa shape index (κ1) is 30.4. The van der Waals surface area contributed by atoms with E-state index in [2.05, 4.69) is 25.4 Å². The summed E-state index contributed by atoms with van der Waals surface area (Å²) in [5.74, 6) is -1.36. The van der Waals surface area contributed by atoms with Crippen molar-refractivity contribution in [2.45, 2.75) is 46.1 Å². The highest BCUT2D eigenvalue weighted by molar-refractivity contribution is 6.40. The van der Waals surface area contributed by atoms with Crippen molar-refractivity contribution < 1.29 is 14.0 Å². The predicted octanol–water partition coefficient (Wildman–Crippen LogP) is 7.24. The lowest BCUT2D eigenvalue weighted by molar-refractivity contribution is -0.119. The number of nitrogens with zero attached hydrogens (tertiary/aromatic N) is 6. The van der Waals surface area contributed by atoms with Crippen molar-refractivity contribution in [3.8, 4) is 0 Å². The Hall–Kier alpha value is -4.67. The Balaban J connectivity index is 1.51. The molecular weight excluding hydrogens is 616 g/mol. The van der Waals surface area contributed by atoms with Crippen molar-refractivity contribution in [3.63, 3.8) is 0 Å². The summed E-state index contributed by atoms with van der Waals surface area (Å²) in [6, 6.07) is 14.0. The van der Waals surface area contributed by atoms with Gasteiger partial charge < -0.3 is 0 Å². The maximum absolute atomic E-state index is 14.9. The molecule has 228 valence electrons. The van der Waals surface area contributed by atoms with Gasteiger partial charge in [-0.3, -0.25) is 19.6 Å². The number of imidazole rings is 1. The molecule has 1 fully saturated rings. The fourth-order valence-corrected chi connectivity index (χ4v) is 6.15. The van der Waals surface area contributed by atoms with Crippen molar-refractivity contribution in [1.82, 2.24) is 24.9 Å². The van der Waals surface area contributed by atoms with Crippen LogP contribution < -0.4 is 10.4 Å². The number of amidine groups is 1. The fraction of sp³-hybridized carbons (Fsp3) is 0.212. The Morgan fingerprint density at radius 3 is 2.40 bits per heavy atom. The first-order valence-electron chi connectivity index (χ1n) is 14.1. The summed E-state index contributed by atoms with van der Waals surface area (Å²) in [5, 5.41) is 1.64. The van der Waals surface area contributed by atoms with Gasteiger partial charge >= 0.3 is 0 Å². The highest BCUT2D eigenvalue weighted by Gasteiger charge is 2.43. The summed E-state index contributed by atoms with van der Waals surface area (Å²) in [7, 11) is 0. The number of anilines is 1. The Morgan fingerprint density at radius 1 is 0.978 bits per heavy atom. The van der Waals surface area contributed by atoms with Gasteiger partial charge in [0.25, 0.3) is 5.91 Å². The smallest absolute Gasteiger partial charge is 0.276 e. The number of rotatable bonds is 5. The number of carbonyl (C=O) groups excluding carboxylic acids is 2. The predicted molar refractivity (Wildman–Crippen MR) is 173 cm³/mol.